The molecule has 0 heterocycles. The van der Waals surface area contributed by atoms with Crippen LogP contribution in [0.3, 0.4) is 0 Å². The van der Waals surface area contributed by atoms with Gasteiger partial charge in [0.1, 0.15) is 5.56 Å². The van der Waals surface area contributed by atoms with Gasteiger partial charge in [0, 0.05) is 8.07 Å². The summed E-state index contributed by atoms with van der Waals surface area (Å²) in [6, 6.07) is 4.39. The number of benzene rings is 1. The Morgan fingerprint density at radius 2 is 1.83 bits per heavy atom. The van der Waals surface area contributed by atoms with E-state index in [-0.39, 0.29) is 5.56 Å². The van der Waals surface area contributed by atoms with Gasteiger partial charge in [-0.25, -0.2) is 4.79 Å². The molecule has 0 saturated heterocycles. The molecule has 0 spiro atoms. The molecule has 18 heavy (non-hydrogen) atoms. The number of carboxylic acids is 1. The third-order valence-corrected chi connectivity index (χ3v) is 4.01. The van der Waals surface area contributed by atoms with Crippen LogP contribution in [0.15, 0.2) is 12.1 Å². The number of hydrogen-bond acceptors (Lipinski definition) is 3. The minimum absolute atomic E-state index is 0.222. The highest BCUT2D eigenvalue weighted by atomic mass is 28.3. The van der Waals surface area contributed by atoms with Crippen LogP contribution in [-0.4, -0.2) is 33.4 Å². The number of carbonyl (C=O) groups is 1. The Kier molecular flexibility index (Phi) is 4.40. The standard InChI is InChI=1S/C13H20O4Si/c1-16-10-7-6-9(8-18(3,4)5)11(13(14)15)12(10)17-2/h6-7H,8H2,1-5H3,(H,14,15). The van der Waals surface area contributed by atoms with Crippen LogP contribution in [0.5, 0.6) is 11.5 Å². The Morgan fingerprint density at radius 1 is 1.22 bits per heavy atom. The quantitative estimate of drug-likeness (QED) is 0.834. The SMILES string of the molecule is COc1ccc(C[Si](C)(C)C)c(C(=O)O)c1OC. The lowest BCUT2D eigenvalue weighted by Crippen LogP contribution is -2.25. The molecular formula is C13H20O4Si. The molecule has 4 nitrogen and oxygen atoms in total. The lowest BCUT2D eigenvalue weighted by Gasteiger charge is -2.19. The fraction of sp³-hybridized carbons (Fsp3) is 0.462. The molecule has 5 heteroatoms. The third kappa shape index (κ3) is 3.26. The first-order valence-electron chi connectivity index (χ1n) is 5.77. The molecule has 1 N–H and O–H groups in total. The van der Waals surface area contributed by atoms with Crippen LogP contribution >= 0.6 is 0 Å². The van der Waals surface area contributed by atoms with E-state index in [0.717, 1.165) is 11.6 Å². The zero-order chi connectivity index (χ0) is 13.9. The second-order valence-electron chi connectivity index (χ2n) is 5.38. The van der Waals surface area contributed by atoms with Crippen molar-refractivity contribution in [1.82, 2.24) is 0 Å². The Labute approximate surface area is 109 Å². The predicted molar refractivity (Wildman–Crippen MR) is 73.6 cm³/mol. The smallest absolute Gasteiger partial charge is 0.339 e. The van der Waals surface area contributed by atoms with E-state index in [1.54, 1.807) is 6.07 Å². The van der Waals surface area contributed by atoms with Gasteiger partial charge in [0.25, 0.3) is 0 Å². The summed E-state index contributed by atoms with van der Waals surface area (Å²) >= 11 is 0. The highest BCUT2D eigenvalue weighted by Gasteiger charge is 2.24. The van der Waals surface area contributed by atoms with Crippen LogP contribution in [0, 0.1) is 0 Å². The normalized spacial score (nSPS) is 11.2. The van der Waals surface area contributed by atoms with E-state index < -0.39 is 14.0 Å². The van der Waals surface area contributed by atoms with E-state index in [0.29, 0.717) is 11.5 Å². The fourth-order valence-corrected chi connectivity index (χ4v) is 3.36. The minimum atomic E-state index is -1.40. The summed E-state index contributed by atoms with van der Waals surface area (Å²) in [5, 5.41) is 9.37. The molecule has 0 fully saturated rings. The van der Waals surface area contributed by atoms with Crippen molar-refractivity contribution >= 4 is 14.0 Å². The summed E-state index contributed by atoms with van der Waals surface area (Å²) in [6.45, 7) is 6.61. The van der Waals surface area contributed by atoms with Crippen molar-refractivity contribution in [2.24, 2.45) is 0 Å². The predicted octanol–water partition coefficient (Wildman–Crippen LogP) is 2.82. The summed E-state index contributed by atoms with van der Waals surface area (Å²) in [4.78, 5) is 11.4. The lowest BCUT2D eigenvalue weighted by molar-refractivity contribution is 0.0691. The highest BCUT2D eigenvalue weighted by Crippen LogP contribution is 2.34. The van der Waals surface area contributed by atoms with E-state index in [1.165, 1.54) is 14.2 Å². The highest BCUT2D eigenvalue weighted by molar-refractivity contribution is 6.75. The zero-order valence-electron chi connectivity index (χ0n) is 11.5. The van der Waals surface area contributed by atoms with Gasteiger partial charge in [-0.15, -0.1) is 0 Å². The summed E-state index contributed by atoms with van der Waals surface area (Å²) in [6.07, 6.45) is 0. The first-order chi connectivity index (χ1) is 8.30. The Morgan fingerprint density at radius 3 is 2.22 bits per heavy atom. The van der Waals surface area contributed by atoms with Crippen LogP contribution < -0.4 is 9.47 Å². The number of carboxylic acid groups (broad SMARTS) is 1. The largest absolute Gasteiger partial charge is 0.493 e. The van der Waals surface area contributed by atoms with Gasteiger partial charge in [-0.05, 0) is 17.7 Å². The molecule has 0 bridgehead atoms. The van der Waals surface area contributed by atoms with E-state index in [9.17, 15) is 9.90 Å². The molecule has 0 atom stereocenters. The van der Waals surface area contributed by atoms with Gasteiger partial charge in [0.2, 0.25) is 0 Å². The molecule has 0 unspecified atom stereocenters. The van der Waals surface area contributed by atoms with Gasteiger partial charge in [0.05, 0.1) is 14.2 Å². The van der Waals surface area contributed by atoms with Crippen molar-refractivity contribution in [1.29, 1.82) is 0 Å². The molecule has 0 aromatic heterocycles. The number of hydrogen-bond donors (Lipinski definition) is 1. The van der Waals surface area contributed by atoms with Crippen molar-refractivity contribution < 1.29 is 19.4 Å². The third-order valence-electron chi connectivity index (χ3n) is 2.57. The van der Waals surface area contributed by atoms with Crippen molar-refractivity contribution in [3.05, 3.63) is 23.3 Å². The van der Waals surface area contributed by atoms with Crippen molar-refractivity contribution in [2.45, 2.75) is 25.7 Å². The molecule has 0 aliphatic heterocycles. The average Bonchev–Trinajstić information content (AvgIpc) is 2.25. The van der Waals surface area contributed by atoms with Gasteiger partial charge in [0.15, 0.2) is 11.5 Å². The lowest BCUT2D eigenvalue weighted by atomic mass is 10.1. The minimum Gasteiger partial charge on any atom is -0.493 e. The molecule has 0 amide bonds. The molecule has 1 aromatic rings. The van der Waals surface area contributed by atoms with Gasteiger partial charge in [-0.3, -0.25) is 0 Å². The molecule has 0 radical (unpaired) electrons. The second kappa shape index (κ2) is 5.43. The number of methoxy groups -OCH3 is 2. The van der Waals surface area contributed by atoms with Crippen LogP contribution in [0.4, 0.5) is 0 Å². The fourth-order valence-electron chi connectivity index (χ4n) is 1.92. The molecule has 1 rings (SSSR count). The van der Waals surface area contributed by atoms with Gasteiger partial charge >= 0.3 is 5.97 Å². The maximum atomic E-state index is 11.4. The summed E-state index contributed by atoms with van der Waals surface area (Å²) in [7, 11) is 1.56. The average molecular weight is 268 g/mol. The number of rotatable bonds is 5. The maximum absolute atomic E-state index is 11.4. The van der Waals surface area contributed by atoms with Crippen LogP contribution in [0.25, 0.3) is 0 Å². The molecule has 1 aromatic carbocycles. The van der Waals surface area contributed by atoms with Crippen LogP contribution in [0.2, 0.25) is 19.6 Å². The van der Waals surface area contributed by atoms with Crippen LogP contribution in [-0.2, 0) is 6.04 Å². The van der Waals surface area contributed by atoms with Crippen LogP contribution in [0.1, 0.15) is 15.9 Å². The van der Waals surface area contributed by atoms with Crippen molar-refractivity contribution in [3.63, 3.8) is 0 Å². The zero-order valence-corrected chi connectivity index (χ0v) is 12.5. The van der Waals surface area contributed by atoms with Crippen molar-refractivity contribution in [2.75, 3.05) is 14.2 Å². The summed E-state index contributed by atoms with van der Waals surface area (Å²) in [5.41, 5.74) is 1.04. The summed E-state index contributed by atoms with van der Waals surface area (Å²) < 4.78 is 10.3. The van der Waals surface area contributed by atoms with E-state index in [2.05, 4.69) is 19.6 Å². The molecular weight excluding hydrogens is 248 g/mol. The first kappa shape index (κ1) is 14.6. The van der Waals surface area contributed by atoms with Gasteiger partial charge in [-0.2, -0.15) is 0 Å². The Bertz CT molecular complexity index is 449. The first-order valence-corrected chi connectivity index (χ1v) is 9.48. The maximum Gasteiger partial charge on any atom is 0.339 e. The Balaban J connectivity index is 3.39. The summed E-state index contributed by atoms with van der Waals surface area (Å²) in [5.74, 6) is -0.214. The second-order valence-corrected chi connectivity index (χ2v) is 10.9. The topological polar surface area (TPSA) is 55.8 Å². The number of ether oxygens (including phenoxy) is 2. The molecule has 0 saturated carbocycles. The van der Waals surface area contributed by atoms with E-state index >= 15 is 0 Å². The molecule has 0 aliphatic carbocycles. The van der Waals surface area contributed by atoms with Gasteiger partial charge < -0.3 is 14.6 Å². The molecule has 0 aliphatic rings. The monoisotopic (exact) mass is 268 g/mol. The Hall–Kier alpha value is -1.49. The van der Waals surface area contributed by atoms with E-state index in [1.807, 2.05) is 6.07 Å². The van der Waals surface area contributed by atoms with Crippen molar-refractivity contribution in [3.8, 4) is 11.5 Å². The molecule has 100 valence electrons. The van der Waals surface area contributed by atoms with E-state index in [4.69, 9.17) is 9.47 Å². The van der Waals surface area contributed by atoms with Gasteiger partial charge in [-0.1, -0.05) is 25.7 Å². The number of aromatic carboxylic acids is 1.